The molecule has 0 N–H and O–H groups in total. The van der Waals surface area contributed by atoms with E-state index in [0.717, 1.165) is 0 Å². The fourth-order valence-electron chi connectivity index (χ4n) is 1.32. The largest absolute Gasteiger partial charge is 0.467 e. The molecule has 0 fully saturated rings. The molecule has 0 saturated carbocycles. The Morgan fingerprint density at radius 2 is 2.18 bits per heavy atom. The lowest BCUT2D eigenvalue weighted by Crippen LogP contribution is -2.07. The van der Waals surface area contributed by atoms with E-state index in [1.54, 1.807) is 36.9 Å². The van der Waals surface area contributed by atoms with E-state index in [4.69, 9.17) is 10.00 Å². The Labute approximate surface area is 98.7 Å². The average Bonchev–Trinajstić information content (AvgIpc) is 2.40. The zero-order chi connectivity index (χ0) is 12.1. The summed E-state index contributed by atoms with van der Waals surface area (Å²) in [6.07, 6.45) is 6.10. The van der Waals surface area contributed by atoms with Crippen LogP contribution in [-0.2, 0) is 0 Å². The number of hydrogen-bond acceptors (Lipinski definition) is 5. The fraction of sp³-hybridized carbons (Fsp3) is 0.167. The molecule has 17 heavy (non-hydrogen) atoms. The first-order valence-corrected chi connectivity index (χ1v) is 5.09. The normalized spacial score (nSPS) is 11.5. The van der Waals surface area contributed by atoms with Gasteiger partial charge in [0, 0.05) is 18.6 Å². The van der Waals surface area contributed by atoms with Crippen LogP contribution in [0, 0.1) is 11.3 Å². The van der Waals surface area contributed by atoms with Crippen LogP contribution in [0.3, 0.4) is 0 Å². The van der Waals surface area contributed by atoms with E-state index in [-0.39, 0.29) is 6.10 Å². The first kappa shape index (κ1) is 11.0. The van der Waals surface area contributed by atoms with Gasteiger partial charge in [0.1, 0.15) is 17.7 Å². The van der Waals surface area contributed by atoms with Crippen LogP contribution in [0.1, 0.15) is 24.3 Å². The molecule has 1 unspecified atom stereocenters. The van der Waals surface area contributed by atoms with Gasteiger partial charge in [-0.15, -0.1) is 0 Å². The molecular formula is C12H10N4O. The molecule has 2 aromatic rings. The van der Waals surface area contributed by atoms with Crippen LogP contribution in [-0.4, -0.2) is 15.0 Å². The summed E-state index contributed by atoms with van der Waals surface area (Å²) in [6, 6.07) is 5.38. The molecule has 0 amide bonds. The minimum Gasteiger partial charge on any atom is -0.467 e. The molecule has 0 aliphatic rings. The van der Waals surface area contributed by atoms with Gasteiger partial charge in [-0.25, -0.2) is 4.98 Å². The lowest BCUT2D eigenvalue weighted by molar-refractivity contribution is 0.211. The highest BCUT2D eigenvalue weighted by Gasteiger charge is 2.12. The lowest BCUT2D eigenvalue weighted by atomic mass is 10.2. The van der Waals surface area contributed by atoms with Crippen LogP contribution in [0.15, 0.2) is 36.9 Å². The Morgan fingerprint density at radius 3 is 2.88 bits per heavy atom. The fourth-order valence-corrected chi connectivity index (χ4v) is 1.32. The highest BCUT2D eigenvalue weighted by Crippen LogP contribution is 2.20. The molecule has 2 aromatic heterocycles. The van der Waals surface area contributed by atoms with Gasteiger partial charge in [-0.2, -0.15) is 5.26 Å². The first-order chi connectivity index (χ1) is 8.31. The molecule has 1 atom stereocenters. The molecule has 0 radical (unpaired) electrons. The highest BCUT2D eigenvalue weighted by molar-refractivity contribution is 5.37. The van der Waals surface area contributed by atoms with Crippen molar-refractivity contribution < 1.29 is 4.74 Å². The van der Waals surface area contributed by atoms with Crippen LogP contribution in [0.4, 0.5) is 0 Å². The summed E-state index contributed by atoms with van der Waals surface area (Å²) in [4.78, 5) is 12.1. The van der Waals surface area contributed by atoms with Gasteiger partial charge >= 0.3 is 0 Å². The molecule has 0 saturated heterocycles. The third-order valence-electron chi connectivity index (χ3n) is 2.18. The Kier molecular flexibility index (Phi) is 3.26. The van der Waals surface area contributed by atoms with Gasteiger partial charge in [-0.05, 0) is 19.1 Å². The van der Waals surface area contributed by atoms with E-state index < -0.39 is 0 Å². The Balaban J connectivity index is 2.19. The molecule has 0 aliphatic heterocycles. The van der Waals surface area contributed by atoms with Gasteiger partial charge < -0.3 is 4.74 Å². The average molecular weight is 226 g/mol. The predicted molar refractivity (Wildman–Crippen MR) is 60.0 cm³/mol. The minimum absolute atomic E-state index is 0.300. The number of rotatable bonds is 3. The zero-order valence-corrected chi connectivity index (χ0v) is 9.24. The van der Waals surface area contributed by atoms with Crippen LogP contribution >= 0.6 is 0 Å². The minimum atomic E-state index is -0.300. The highest BCUT2D eigenvalue weighted by atomic mass is 16.5. The van der Waals surface area contributed by atoms with Crippen LogP contribution in [0.25, 0.3) is 0 Å². The Morgan fingerprint density at radius 1 is 1.29 bits per heavy atom. The van der Waals surface area contributed by atoms with E-state index in [1.807, 2.05) is 13.0 Å². The molecule has 0 aliphatic carbocycles. The van der Waals surface area contributed by atoms with Crippen LogP contribution in [0.2, 0.25) is 0 Å². The number of pyridine rings is 1. The molecule has 5 heteroatoms. The van der Waals surface area contributed by atoms with E-state index in [0.29, 0.717) is 17.1 Å². The van der Waals surface area contributed by atoms with Crippen molar-refractivity contribution in [3.05, 3.63) is 48.2 Å². The van der Waals surface area contributed by atoms with Crippen molar-refractivity contribution in [2.75, 3.05) is 0 Å². The summed E-state index contributed by atoms with van der Waals surface area (Å²) >= 11 is 0. The van der Waals surface area contributed by atoms with Crippen molar-refractivity contribution >= 4 is 0 Å². The van der Waals surface area contributed by atoms with Crippen molar-refractivity contribution in [2.24, 2.45) is 0 Å². The first-order valence-electron chi connectivity index (χ1n) is 5.09. The van der Waals surface area contributed by atoms with Gasteiger partial charge in [-0.3, -0.25) is 9.97 Å². The van der Waals surface area contributed by atoms with Gasteiger partial charge in [0.25, 0.3) is 0 Å². The summed E-state index contributed by atoms with van der Waals surface area (Å²) < 4.78 is 5.59. The second kappa shape index (κ2) is 5.03. The molecule has 2 heterocycles. The van der Waals surface area contributed by atoms with E-state index in [1.165, 1.54) is 0 Å². The standard InChI is InChI=1S/C12H10N4O/c1-9(11-8-14-5-6-15-11)17-12-10(7-13)3-2-4-16-12/h2-6,8-9H,1H3. The molecular weight excluding hydrogens is 216 g/mol. The van der Waals surface area contributed by atoms with Crippen molar-refractivity contribution in [3.8, 4) is 11.9 Å². The Bertz CT molecular complexity index is 536. The maximum absolute atomic E-state index is 8.90. The summed E-state index contributed by atoms with van der Waals surface area (Å²) in [5, 5.41) is 8.90. The summed E-state index contributed by atoms with van der Waals surface area (Å²) in [6.45, 7) is 1.83. The van der Waals surface area contributed by atoms with Gasteiger partial charge in [-0.1, -0.05) is 0 Å². The lowest BCUT2D eigenvalue weighted by Gasteiger charge is -2.13. The molecule has 2 rings (SSSR count). The third kappa shape index (κ3) is 2.55. The van der Waals surface area contributed by atoms with Crippen LogP contribution < -0.4 is 4.74 Å². The van der Waals surface area contributed by atoms with E-state index in [9.17, 15) is 0 Å². The molecule has 0 bridgehead atoms. The van der Waals surface area contributed by atoms with Gasteiger partial charge in [0.15, 0.2) is 0 Å². The maximum atomic E-state index is 8.90. The number of aromatic nitrogens is 3. The summed E-state index contributed by atoms with van der Waals surface area (Å²) in [5.74, 6) is 0.313. The van der Waals surface area contributed by atoms with Crippen molar-refractivity contribution in [1.29, 1.82) is 5.26 Å². The summed E-state index contributed by atoms with van der Waals surface area (Å²) in [5.41, 5.74) is 1.10. The molecule has 0 aromatic carbocycles. The topological polar surface area (TPSA) is 71.7 Å². The SMILES string of the molecule is CC(Oc1ncccc1C#N)c1cnccn1. The Hall–Kier alpha value is -2.48. The summed E-state index contributed by atoms with van der Waals surface area (Å²) in [7, 11) is 0. The number of nitrogens with zero attached hydrogens (tertiary/aromatic N) is 4. The molecule has 5 nitrogen and oxygen atoms in total. The van der Waals surface area contributed by atoms with Crippen molar-refractivity contribution in [1.82, 2.24) is 15.0 Å². The second-order valence-electron chi connectivity index (χ2n) is 3.36. The zero-order valence-electron chi connectivity index (χ0n) is 9.24. The van der Waals surface area contributed by atoms with Crippen molar-refractivity contribution in [3.63, 3.8) is 0 Å². The predicted octanol–water partition coefficient (Wildman–Crippen LogP) is 1.88. The van der Waals surface area contributed by atoms with Crippen LogP contribution in [0.5, 0.6) is 5.88 Å². The monoisotopic (exact) mass is 226 g/mol. The molecule has 84 valence electrons. The quantitative estimate of drug-likeness (QED) is 0.799. The maximum Gasteiger partial charge on any atom is 0.232 e. The second-order valence-corrected chi connectivity index (χ2v) is 3.36. The number of nitriles is 1. The number of ether oxygens (including phenoxy) is 1. The molecule has 0 spiro atoms. The van der Waals surface area contributed by atoms with Gasteiger partial charge in [0.2, 0.25) is 5.88 Å². The third-order valence-corrected chi connectivity index (χ3v) is 2.18. The van der Waals surface area contributed by atoms with E-state index >= 15 is 0 Å². The smallest absolute Gasteiger partial charge is 0.232 e. The van der Waals surface area contributed by atoms with Crippen molar-refractivity contribution in [2.45, 2.75) is 13.0 Å². The van der Waals surface area contributed by atoms with E-state index in [2.05, 4.69) is 15.0 Å². The van der Waals surface area contributed by atoms with Gasteiger partial charge in [0.05, 0.1) is 11.9 Å². The number of hydrogen-bond donors (Lipinski definition) is 0.